The van der Waals surface area contributed by atoms with Crippen LogP contribution in [0.25, 0.3) is 10.6 Å². The van der Waals surface area contributed by atoms with Crippen molar-refractivity contribution in [2.24, 2.45) is 13.0 Å². The van der Waals surface area contributed by atoms with E-state index in [0.29, 0.717) is 11.7 Å². The molecule has 0 aliphatic carbocycles. The van der Waals surface area contributed by atoms with Crippen molar-refractivity contribution < 1.29 is 4.79 Å². The molecule has 3 aromatic rings. The molecule has 6 nitrogen and oxygen atoms in total. The molecule has 0 spiro atoms. The minimum absolute atomic E-state index is 0.0158. The van der Waals surface area contributed by atoms with E-state index in [2.05, 4.69) is 39.8 Å². The standard InChI is InChI=1S/C17H19N5OS2/c1-10-3-4-15(25-10)14-9-24-17(20-14)21-16(23)13-7-18-6-12(13)11-5-19-22(2)8-11/h3-5,8-9,12-13,18H,6-7H2,1-2H3,(H,20,21,23)/t12-,13+/m1/s1. The van der Waals surface area contributed by atoms with E-state index in [1.807, 2.05) is 24.8 Å². The first-order valence-electron chi connectivity index (χ1n) is 8.12. The normalized spacial score (nSPS) is 20.1. The van der Waals surface area contributed by atoms with Crippen LogP contribution in [0.4, 0.5) is 5.13 Å². The van der Waals surface area contributed by atoms with Crippen molar-refractivity contribution in [3.05, 3.63) is 40.3 Å². The third-order valence-corrected chi connectivity index (χ3v) is 6.21. The summed E-state index contributed by atoms with van der Waals surface area (Å²) in [6, 6.07) is 4.15. The van der Waals surface area contributed by atoms with Crippen LogP contribution in [0.15, 0.2) is 29.9 Å². The Bertz CT molecular complexity index is 896. The summed E-state index contributed by atoms with van der Waals surface area (Å²) >= 11 is 3.18. The number of thiophene rings is 1. The van der Waals surface area contributed by atoms with E-state index in [1.165, 1.54) is 16.2 Å². The third kappa shape index (κ3) is 3.37. The Balaban J connectivity index is 1.47. The van der Waals surface area contributed by atoms with E-state index in [9.17, 15) is 4.79 Å². The van der Waals surface area contributed by atoms with Gasteiger partial charge in [-0.2, -0.15) is 5.10 Å². The first-order valence-corrected chi connectivity index (χ1v) is 9.82. The molecule has 1 saturated heterocycles. The van der Waals surface area contributed by atoms with Crippen LogP contribution in [-0.4, -0.2) is 33.8 Å². The zero-order valence-electron chi connectivity index (χ0n) is 14.0. The number of thiazole rings is 1. The predicted octanol–water partition coefficient (Wildman–Crippen LogP) is 2.86. The van der Waals surface area contributed by atoms with Crippen molar-refractivity contribution >= 4 is 33.7 Å². The first kappa shape index (κ1) is 16.4. The van der Waals surface area contributed by atoms with Crippen LogP contribution in [0.5, 0.6) is 0 Å². The molecular formula is C17H19N5OS2. The first-order chi connectivity index (χ1) is 12.1. The monoisotopic (exact) mass is 373 g/mol. The molecule has 0 radical (unpaired) electrons. The van der Waals surface area contributed by atoms with E-state index in [0.717, 1.165) is 22.7 Å². The summed E-state index contributed by atoms with van der Waals surface area (Å²) in [5.74, 6) is 0.0516. The zero-order valence-corrected chi connectivity index (χ0v) is 15.7. The lowest BCUT2D eigenvalue weighted by Crippen LogP contribution is -2.27. The van der Waals surface area contributed by atoms with Gasteiger partial charge in [0.25, 0.3) is 0 Å². The van der Waals surface area contributed by atoms with Crippen molar-refractivity contribution in [2.45, 2.75) is 12.8 Å². The highest BCUT2D eigenvalue weighted by Gasteiger charge is 2.35. The smallest absolute Gasteiger partial charge is 0.231 e. The maximum absolute atomic E-state index is 12.7. The van der Waals surface area contributed by atoms with Gasteiger partial charge < -0.3 is 10.6 Å². The summed E-state index contributed by atoms with van der Waals surface area (Å²) < 4.78 is 1.78. The van der Waals surface area contributed by atoms with Crippen LogP contribution in [0.1, 0.15) is 16.4 Å². The maximum Gasteiger partial charge on any atom is 0.231 e. The number of nitrogens with one attached hydrogen (secondary N) is 2. The number of hydrogen-bond donors (Lipinski definition) is 2. The lowest BCUT2D eigenvalue weighted by Gasteiger charge is -2.15. The van der Waals surface area contributed by atoms with Gasteiger partial charge in [0, 0.05) is 42.5 Å². The van der Waals surface area contributed by atoms with Crippen LogP contribution in [-0.2, 0) is 11.8 Å². The summed E-state index contributed by atoms with van der Waals surface area (Å²) in [6.07, 6.45) is 3.83. The number of hydrogen-bond acceptors (Lipinski definition) is 6. The molecule has 2 atom stereocenters. The number of aromatic nitrogens is 3. The second kappa shape index (κ2) is 6.70. The largest absolute Gasteiger partial charge is 0.315 e. The van der Waals surface area contributed by atoms with E-state index in [4.69, 9.17) is 0 Å². The molecule has 1 amide bonds. The van der Waals surface area contributed by atoms with Gasteiger partial charge in [-0.3, -0.25) is 9.48 Å². The number of carbonyl (C=O) groups is 1. The van der Waals surface area contributed by atoms with Gasteiger partial charge in [-0.1, -0.05) is 0 Å². The molecule has 4 rings (SSSR count). The highest BCUT2D eigenvalue weighted by molar-refractivity contribution is 7.17. The average molecular weight is 374 g/mol. The summed E-state index contributed by atoms with van der Waals surface area (Å²) in [6.45, 7) is 3.55. The van der Waals surface area contributed by atoms with Gasteiger partial charge in [-0.05, 0) is 24.6 Å². The van der Waals surface area contributed by atoms with E-state index < -0.39 is 0 Å². The molecule has 1 fully saturated rings. The lowest BCUT2D eigenvalue weighted by molar-refractivity contribution is -0.119. The number of anilines is 1. The fourth-order valence-corrected chi connectivity index (χ4v) is 4.77. The molecule has 25 heavy (non-hydrogen) atoms. The van der Waals surface area contributed by atoms with Crippen molar-refractivity contribution in [1.82, 2.24) is 20.1 Å². The lowest BCUT2D eigenvalue weighted by atomic mass is 9.90. The number of carbonyl (C=O) groups excluding carboxylic acids is 1. The van der Waals surface area contributed by atoms with Crippen molar-refractivity contribution in [3.63, 3.8) is 0 Å². The van der Waals surface area contributed by atoms with Crippen LogP contribution in [0.3, 0.4) is 0 Å². The predicted molar refractivity (Wildman–Crippen MR) is 101 cm³/mol. The average Bonchev–Trinajstić information content (AvgIpc) is 3.32. The van der Waals surface area contributed by atoms with Gasteiger partial charge in [0.1, 0.15) is 0 Å². The molecule has 0 unspecified atom stereocenters. The molecule has 3 aromatic heterocycles. The van der Waals surface area contributed by atoms with Gasteiger partial charge in [-0.15, -0.1) is 22.7 Å². The molecule has 0 saturated carbocycles. The number of rotatable bonds is 4. The van der Waals surface area contributed by atoms with Crippen LogP contribution in [0.2, 0.25) is 0 Å². The molecule has 4 heterocycles. The Kier molecular flexibility index (Phi) is 4.41. The fraction of sp³-hybridized carbons (Fsp3) is 0.353. The second-order valence-corrected chi connectivity index (χ2v) is 8.40. The summed E-state index contributed by atoms with van der Waals surface area (Å²) in [4.78, 5) is 19.7. The Morgan fingerprint density at radius 3 is 3.00 bits per heavy atom. The van der Waals surface area contributed by atoms with Crippen molar-refractivity contribution in [3.8, 4) is 10.6 Å². The Hall–Kier alpha value is -2.03. The van der Waals surface area contributed by atoms with Gasteiger partial charge in [0.2, 0.25) is 5.91 Å². The second-order valence-electron chi connectivity index (χ2n) is 6.26. The van der Waals surface area contributed by atoms with Crippen LogP contribution >= 0.6 is 22.7 Å². The Labute approximate surface area is 153 Å². The zero-order chi connectivity index (χ0) is 17.4. The molecule has 0 aromatic carbocycles. The molecule has 1 aliphatic rings. The third-order valence-electron chi connectivity index (χ3n) is 4.43. The van der Waals surface area contributed by atoms with Gasteiger partial charge in [0.15, 0.2) is 5.13 Å². The van der Waals surface area contributed by atoms with Crippen molar-refractivity contribution in [2.75, 3.05) is 18.4 Å². The highest BCUT2D eigenvalue weighted by Crippen LogP contribution is 2.32. The maximum atomic E-state index is 12.7. The van der Waals surface area contributed by atoms with Crippen LogP contribution < -0.4 is 10.6 Å². The summed E-state index contributed by atoms with van der Waals surface area (Å²) in [5.41, 5.74) is 2.02. The number of amides is 1. The van der Waals surface area contributed by atoms with E-state index in [-0.39, 0.29) is 17.7 Å². The van der Waals surface area contributed by atoms with Crippen LogP contribution in [0, 0.1) is 12.8 Å². The number of nitrogens with zero attached hydrogens (tertiary/aromatic N) is 3. The van der Waals surface area contributed by atoms with Gasteiger partial charge >= 0.3 is 0 Å². The topological polar surface area (TPSA) is 71.8 Å². The van der Waals surface area contributed by atoms with E-state index in [1.54, 1.807) is 16.0 Å². The van der Waals surface area contributed by atoms with Gasteiger partial charge in [-0.25, -0.2) is 4.98 Å². The Morgan fingerprint density at radius 2 is 2.28 bits per heavy atom. The van der Waals surface area contributed by atoms with E-state index >= 15 is 0 Å². The Morgan fingerprint density at radius 1 is 1.40 bits per heavy atom. The molecule has 0 bridgehead atoms. The molecule has 8 heteroatoms. The quantitative estimate of drug-likeness (QED) is 0.738. The molecular weight excluding hydrogens is 354 g/mol. The summed E-state index contributed by atoms with van der Waals surface area (Å²) in [7, 11) is 1.89. The minimum atomic E-state index is -0.111. The fourth-order valence-electron chi connectivity index (χ4n) is 3.15. The molecule has 1 aliphatic heterocycles. The highest BCUT2D eigenvalue weighted by atomic mass is 32.1. The number of aryl methyl sites for hydroxylation is 2. The van der Waals surface area contributed by atoms with Gasteiger partial charge in [0.05, 0.1) is 22.7 Å². The molecule has 130 valence electrons. The summed E-state index contributed by atoms with van der Waals surface area (Å²) in [5, 5.41) is 13.2. The van der Waals surface area contributed by atoms with Crippen molar-refractivity contribution in [1.29, 1.82) is 0 Å². The molecule has 2 N–H and O–H groups in total. The SMILES string of the molecule is Cc1ccc(-c2csc(NC(=O)[C@H]3CNC[C@@H]3c3cnn(C)c3)n2)s1. The minimum Gasteiger partial charge on any atom is -0.315 e.